The molecule has 1 aromatic rings. The van der Waals surface area contributed by atoms with Gasteiger partial charge in [0.05, 0.1) is 6.20 Å². The number of carbonyl (C=O) groups excluding carboxylic acids is 2. The van der Waals surface area contributed by atoms with Gasteiger partial charge in [-0.1, -0.05) is 5.21 Å². The average Bonchev–Trinajstić information content (AvgIpc) is 2.48. The molecular formula is C8H10N4O2. The zero-order valence-corrected chi connectivity index (χ0v) is 7.59. The third kappa shape index (κ3) is 1.63. The van der Waals surface area contributed by atoms with Gasteiger partial charge in [0.25, 0.3) is 0 Å². The van der Waals surface area contributed by atoms with Gasteiger partial charge in [0.1, 0.15) is 12.2 Å². The first-order valence-corrected chi connectivity index (χ1v) is 4.42. The molecular weight excluding hydrogens is 184 g/mol. The number of carbonyl (C=O) groups is 2. The molecule has 14 heavy (non-hydrogen) atoms. The van der Waals surface area contributed by atoms with Crippen molar-refractivity contribution in [2.24, 2.45) is 0 Å². The van der Waals surface area contributed by atoms with Crippen molar-refractivity contribution in [3.8, 4) is 0 Å². The van der Waals surface area contributed by atoms with Crippen LogP contribution in [0.2, 0.25) is 0 Å². The highest BCUT2D eigenvalue weighted by Gasteiger charge is 2.20. The van der Waals surface area contributed by atoms with Gasteiger partial charge in [-0.3, -0.25) is 9.59 Å². The van der Waals surface area contributed by atoms with Gasteiger partial charge in [0.15, 0.2) is 6.29 Å². The van der Waals surface area contributed by atoms with Crippen molar-refractivity contribution < 1.29 is 9.59 Å². The number of rotatable bonds is 3. The van der Waals surface area contributed by atoms with Crippen molar-refractivity contribution in [1.82, 2.24) is 19.9 Å². The minimum Gasteiger partial charge on any atom is -0.341 e. The summed E-state index contributed by atoms with van der Waals surface area (Å²) in [5, 5.41) is 7.22. The van der Waals surface area contributed by atoms with Gasteiger partial charge in [-0.15, -0.1) is 5.10 Å². The van der Waals surface area contributed by atoms with Gasteiger partial charge in [0.2, 0.25) is 5.91 Å². The first-order chi connectivity index (χ1) is 6.79. The van der Waals surface area contributed by atoms with Gasteiger partial charge in [-0.2, -0.15) is 0 Å². The zero-order valence-electron chi connectivity index (χ0n) is 7.59. The van der Waals surface area contributed by atoms with Gasteiger partial charge < -0.3 is 4.90 Å². The van der Waals surface area contributed by atoms with Gasteiger partial charge in [0, 0.05) is 13.1 Å². The highest BCUT2D eigenvalue weighted by Crippen LogP contribution is 2.06. The summed E-state index contributed by atoms with van der Waals surface area (Å²) in [6.45, 7) is 1.82. The predicted octanol–water partition coefficient (Wildman–Crippen LogP) is -0.677. The molecule has 1 aliphatic rings. The topological polar surface area (TPSA) is 68.1 Å². The Morgan fingerprint density at radius 3 is 2.86 bits per heavy atom. The smallest absolute Gasteiger partial charge is 0.244 e. The number of amides is 1. The quantitative estimate of drug-likeness (QED) is 0.598. The minimum atomic E-state index is 0.0265. The number of aldehydes is 1. The molecule has 0 aliphatic carbocycles. The second-order valence-electron chi connectivity index (χ2n) is 3.19. The van der Waals surface area contributed by atoms with Crippen LogP contribution in [0.15, 0.2) is 6.20 Å². The van der Waals surface area contributed by atoms with Crippen LogP contribution in [0.3, 0.4) is 0 Å². The Morgan fingerprint density at radius 1 is 1.57 bits per heavy atom. The van der Waals surface area contributed by atoms with E-state index in [1.165, 1.54) is 10.9 Å². The van der Waals surface area contributed by atoms with E-state index in [4.69, 9.17) is 0 Å². The highest BCUT2D eigenvalue weighted by atomic mass is 16.2. The molecule has 0 aromatic carbocycles. The van der Waals surface area contributed by atoms with Crippen LogP contribution in [0.1, 0.15) is 16.9 Å². The Bertz CT molecular complexity index is 356. The fourth-order valence-electron chi connectivity index (χ4n) is 1.25. The first-order valence-electron chi connectivity index (χ1n) is 4.42. The molecule has 0 atom stereocenters. The van der Waals surface area contributed by atoms with Crippen molar-refractivity contribution in [3.63, 3.8) is 0 Å². The number of aromatic nitrogens is 3. The Labute approximate surface area is 80.5 Å². The molecule has 0 spiro atoms. The van der Waals surface area contributed by atoms with Gasteiger partial charge >= 0.3 is 0 Å². The second-order valence-corrected chi connectivity index (χ2v) is 3.19. The molecule has 6 nitrogen and oxygen atoms in total. The molecule has 0 N–H and O–H groups in total. The standard InChI is InChI=1S/C8H10N4O2/c13-6-7-4-12(10-9-7)5-8(14)11-2-1-3-11/h4,6H,1-3,5H2. The molecule has 2 rings (SSSR count). The Morgan fingerprint density at radius 2 is 2.36 bits per heavy atom. The lowest BCUT2D eigenvalue weighted by atomic mass is 10.2. The van der Waals surface area contributed by atoms with E-state index in [0.717, 1.165) is 19.5 Å². The van der Waals surface area contributed by atoms with E-state index in [1.54, 1.807) is 4.90 Å². The average molecular weight is 194 g/mol. The molecule has 1 fully saturated rings. The minimum absolute atomic E-state index is 0.0265. The molecule has 0 unspecified atom stereocenters. The molecule has 1 aliphatic heterocycles. The maximum absolute atomic E-state index is 11.4. The van der Waals surface area contributed by atoms with Crippen LogP contribution in [0.4, 0.5) is 0 Å². The normalized spacial score (nSPS) is 15.0. The molecule has 1 amide bonds. The lowest BCUT2D eigenvalue weighted by molar-refractivity contribution is -0.135. The number of hydrogen-bond acceptors (Lipinski definition) is 4. The van der Waals surface area contributed by atoms with Crippen LogP contribution in [0.5, 0.6) is 0 Å². The summed E-state index contributed by atoms with van der Waals surface area (Å²) in [7, 11) is 0. The first kappa shape index (κ1) is 8.86. The SMILES string of the molecule is O=Cc1cn(CC(=O)N2CCC2)nn1. The van der Waals surface area contributed by atoms with Gasteiger partial charge in [-0.05, 0) is 6.42 Å². The predicted molar refractivity (Wildman–Crippen MR) is 46.6 cm³/mol. The molecule has 0 bridgehead atoms. The van der Waals surface area contributed by atoms with E-state index in [0.29, 0.717) is 6.29 Å². The van der Waals surface area contributed by atoms with Gasteiger partial charge in [-0.25, -0.2) is 4.68 Å². The summed E-state index contributed by atoms with van der Waals surface area (Å²) < 4.78 is 1.38. The van der Waals surface area contributed by atoms with Crippen molar-refractivity contribution in [1.29, 1.82) is 0 Å². The van der Waals surface area contributed by atoms with Crippen molar-refractivity contribution in [3.05, 3.63) is 11.9 Å². The van der Waals surface area contributed by atoms with Crippen LogP contribution < -0.4 is 0 Å². The van der Waals surface area contributed by atoms with Crippen molar-refractivity contribution in [2.45, 2.75) is 13.0 Å². The third-order valence-corrected chi connectivity index (χ3v) is 2.18. The van der Waals surface area contributed by atoms with Crippen molar-refractivity contribution >= 4 is 12.2 Å². The number of nitrogens with zero attached hydrogens (tertiary/aromatic N) is 4. The number of likely N-dealkylation sites (tertiary alicyclic amines) is 1. The van der Waals surface area contributed by atoms with Crippen LogP contribution >= 0.6 is 0 Å². The molecule has 74 valence electrons. The van der Waals surface area contributed by atoms with Crippen LogP contribution in [0, 0.1) is 0 Å². The second kappa shape index (κ2) is 3.57. The summed E-state index contributed by atoms with van der Waals surface area (Å²) in [5.41, 5.74) is 0.251. The number of hydrogen-bond donors (Lipinski definition) is 0. The molecule has 1 aromatic heterocycles. The Balaban J connectivity index is 1.95. The van der Waals surface area contributed by atoms with E-state index in [-0.39, 0.29) is 18.1 Å². The zero-order chi connectivity index (χ0) is 9.97. The molecule has 2 heterocycles. The summed E-state index contributed by atoms with van der Waals surface area (Å²) in [5.74, 6) is 0.0265. The maximum atomic E-state index is 11.4. The van der Waals surface area contributed by atoms with Crippen LogP contribution in [0.25, 0.3) is 0 Å². The van der Waals surface area contributed by atoms with Crippen molar-refractivity contribution in [2.75, 3.05) is 13.1 Å². The van der Waals surface area contributed by atoms with E-state index >= 15 is 0 Å². The largest absolute Gasteiger partial charge is 0.341 e. The summed E-state index contributed by atoms with van der Waals surface area (Å²) in [6, 6.07) is 0. The van der Waals surface area contributed by atoms with E-state index in [1.807, 2.05) is 0 Å². The maximum Gasteiger partial charge on any atom is 0.244 e. The Hall–Kier alpha value is -1.72. The molecule has 0 radical (unpaired) electrons. The monoisotopic (exact) mass is 194 g/mol. The van der Waals surface area contributed by atoms with E-state index in [9.17, 15) is 9.59 Å². The van der Waals surface area contributed by atoms with Crippen LogP contribution in [-0.4, -0.2) is 45.2 Å². The molecule has 0 saturated carbocycles. The third-order valence-electron chi connectivity index (χ3n) is 2.18. The van der Waals surface area contributed by atoms with E-state index in [2.05, 4.69) is 10.3 Å². The summed E-state index contributed by atoms with van der Waals surface area (Å²) in [6.07, 6.45) is 3.14. The fraction of sp³-hybridized carbons (Fsp3) is 0.500. The summed E-state index contributed by atoms with van der Waals surface area (Å²) >= 11 is 0. The Kier molecular flexibility index (Phi) is 2.26. The van der Waals surface area contributed by atoms with E-state index < -0.39 is 0 Å². The molecule has 1 saturated heterocycles. The lowest BCUT2D eigenvalue weighted by Gasteiger charge is -2.30. The highest BCUT2D eigenvalue weighted by molar-refractivity contribution is 5.77. The fourth-order valence-corrected chi connectivity index (χ4v) is 1.25. The summed E-state index contributed by atoms with van der Waals surface area (Å²) in [4.78, 5) is 23.5. The lowest BCUT2D eigenvalue weighted by Crippen LogP contribution is -2.43. The molecule has 6 heteroatoms. The van der Waals surface area contributed by atoms with Crippen LogP contribution in [-0.2, 0) is 11.3 Å².